The molecule has 18 heavy (non-hydrogen) atoms. The highest BCUT2D eigenvalue weighted by Crippen LogP contribution is 2.16. The SMILES string of the molecule is COCC(C)(C)NS(=O)(=O)c1cc(CO)n(C)c1. The number of aliphatic hydroxyl groups excluding tert-OH is 1. The van der Waals surface area contributed by atoms with Gasteiger partial charge < -0.3 is 14.4 Å². The van der Waals surface area contributed by atoms with Gasteiger partial charge in [-0.1, -0.05) is 0 Å². The molecule has 0 spiro atoms. The van der Waals surface area contributed by atoms with Gasteiger partial charge in [-0.05, 0) is 19.9 Å². The largest absolute Gasteiger partial charge is 0.390 e. The molecule has 0 unspecified atom stereocenters. The number of methoxy groups -OCH3 is 1. The van der Waals surface area contributed by atoms with Crippen LogP contribution < -0.4 is 4.72 Å². The van der Waals surface area contributed by atoms with Crippen molar-refractivity contribution in [2.75, 3.05) is 13.7 Å². The lowest BCUT2D eigenvalue weighted by molar-refractivity contribution is 0.141. The molecule has 2 N–H and O–H groups in total. The molecule has 0 atom stereocenters. The zero-order valence-corrected chi connectivity index (χ0v) is 11.9. The van der Waals surface area contributed by atoms with E-state index in [1.807, 2.05) is 0 Å². The van der Waals surface area contributed by atoms with Crippen LogP contribution in [0.2, 0.25) is 0 Å². The maximum Gasteiger partial charge on any atom is 0.242 e. The summed E-state index contributed by atoms with van der Waals surface area (Å²) in [6, 6.07) is 1.45. The fourth-order valence-electron chi connectivity index (χ4n) is 1.69. The molecule has 0 aromatic carbocycles. The van der Waals surface area contributed by atoms with Crippen LogP contribution in [-0.4, -0.2) is 37.3 Å². The van der Waals surface area contributed by atoms with E-state index in [0.717, 1.165) is 0 Å². The Bertz CT molecular complexity index is 505. The predicted octanol–water partition coefficient (Wildman–Crippen LogP) is 0.221. The molecule has 0 fully saturated rings. The molecule has 0 radical (unpaired) electrons. The molecule has 1 aromatic rings. The van der Waals surface area contributed by atoms with Gasteiger partial charge in [-0.3, -0.25) is 0 Å². The smallest absolute Gasteiger partial charge is 0.242 e. The lowest BCUT2D eigenvalue weighted by Crippen LogP contribution is -2.46. The molecule has 6 nitrogen and oxygen atoms in total. The van der Waals surface area contributed by atoms with Crippen LogP contribution in [0.1, 0.15) is 19.5 Å². The third-order valence-electron chi connectivity index (χ3n) is 2.47. The first-order valence-corrected chi connectivity index (χ1v) is 6.99. The lowest BCUT2D eigenvalue weighted by atomic mass is 10.1. The topological polar surface area (TPSA) is 80.6 Å². The molecular weight excluding hydrogens is 256 g/mol. The van der Waals surface area contributed by atoms with Crippen LogP contribution in [0.3, 0.4) is 0 Å². The van der Waals surface area contributed by atoms with Crippen molar-refractivity contribution in [1.82, 2.24) is 9.29 Å². The van der Waals surface area contributed by atoms with E-state index >= 15 is 0 Å². The zero-order chi connectivity index (χ0) is 14.0. The van der Waals surface area contributed by atoms with Crippen LogP contribution in [-0.2, 0) is 28.4 Å². The van der Waals surface area contributed by atoms with Crippen LogP contribution in [0, 0.1) is 0 Å². The number of aromatic nitrogens is 1. The lowest BCUT2D eigenvalue weighted by Gasteiger charge is -2.24. The number of ether oxygens (including phenoxy) is 1. The van der Waals surface area contributed by atoms with Crippen LogP contribution in [0.5, 0.6) is 0 Å². The normalized spacial score (nSPS) is 12.9. The summed E-state index contributed by atoms with van der Waals surface area (Å²) in [7, 11) is -0.412. The molecule has 1 rings (SSSR count). The third kappa shape index (κ3) is 3.55. The number of aliphatic hydroxyl groups is 1. The van der Waals surface area contributed by atoms with E-state index in [0.29, 0.717) is 5.69 Å². The summed E-state index contributed by atoms with van der Waals surface area (Å²) in [5.74, 6) is 0. The fourth-order valence-corrected chi connectivity index (χ4v) is 3.19. The van der Waals surface area contributed by atoms with Crippen LogP contribution in [0.15, 0.2) is 17.2 Å². The summed E-state index contributed by atoms with van der Waals surface area (Å²) in [6.45, 7) is 3.55. The second-order valence-electron chi connectivity index (χ2n) is 4.86. The number of hydrogen-bond acceptors (Lipinski definition) is 4. The van der Waals surface area contributed by atoms with Gasteiger partial charge in [0.25, 0.3) is 0 Å². The van der Waals surface area contributed by atoms with Crippen molar-refractivity contribution in [3.05, 3.63) is 18.0 Å². The average Bonchev–Trinajstić information content (AvgIpc) is 2.58. The fraction of sp³-hybridized carbons (Fsp3) is 0.636. The molecule has 0 amide bonds. The third-order valence-corrected chi connectivity index (χ3v) is 4.14. The molecular formula is C11H20N2O4S. The van der Waals surface area contributed by atoms with Crippen molar-refractivity contribution in [1.29, 1.82) is 0 Å². The highest BCUT2D eigenvalue weighted by atomic mass is 32.2. The Balaban J connectivity index is 2.99. The minimum absolute atomic E-state index is 0.137. The van der Waals surface area contributed by atoms with Crippen molar-refractivity contribution in [2.24, 2.45) is 7.05 Å². The summed E-state index contributed by atoms with van der Waals surface area (Å²) in [5.41, 5.74) is -0.150. The number of aryl methyl sites for hydroxylation is 1. The summed E-state index contributed by atoms with van der Waals surface area (Å²) < 4.78 is 33.4. The first kappa shape index (κ1) is 15.2. The molecule has 0 aliphatic heterocycles. The predicted molar refractivity (Wildman–Crippen MR) is 67.6 cm³/mol. The highest BCUT2D eigenvalue weighted by molar-refractivity contribution is 7.89. The number of rotatable bonds is 6. The monoisotopic (exact) mass is 276 g/mol. The molecule has 1 aromatic heterocycles. The summed E-state index contributed by atoms with van der Waals surface area (Å²) in [6.07, 6.45) is 1.47. The Morgan fingerprint density at radius 2 is 2.11 bits per heavy atom. The van der Waals surface area contributed by atoms with E-state index < -0.39 is 15.6 Å². The Labute approximate surface area is 108 Å². The van der Waals surface area contributed by atoms with Gasteiger partial charge in [0, 0.05) is 26.0 Å². The molecule has 0 aliphatic carbocycles. The van der Waals surface area contributed by atoms with Gasteiger partial charge in [0.15, 0.2) is 0 Å². The first-order valence-electron chi connectivity index (χ1n) is 5.51. The summed E-state index contributed by atoms with van der Waals surface area (Å²) >= 11 is 0. The summed E-state index contributed by atoms with van der Waals surface area (Å²) in [5, 5.41) is 9.06. The van der Waals surface area contributed by atoms with Crippen LogP contribution in [0.4, 0.5) is 0 Å². The second kappa shape index (κ2) is 5.40. The quantitative estimate of drug-likeness (QED) is 0.779. The van der Waals surface area contributed by atoms with Crippen LogP contribution >= 0.6 is 0 Å². The van der Waals surface area contributed by atoms with Gasteiger partial charge in [0.05, 0.1) is 23.6 Å². The zero-order valence-electron chi connectivity index (χ0n) is 11.1. The highest BCUT2D eigenvalue weighted by Gasteiger charge is 2.27. The molecule has 1 heterocycles. The number of nitrogens with one attached hydrogen (secondary N) is 1. The Morgan fingerprint density at radius 3 is 2.56 bits per heavy atom. The molecule has 104 valence electrons. The van der Waals surface area contributed by atoms with Crippen molar-refractivity contribution in [3.8, 4) is 0 Å². The van der Waals surface area contributed by atoms with Crippen molar-refractivity contribution in [2.45, 2.75) is 30.9 Å². The minimum atomic E-state index is -3.61. The Hall–Kier alpha value is -0.890. The van der Waals surface area contributed by atoms with Crippen molar-refractivity contribution >= 4 is 10.0 Å². The second-order valence-corrected chi connectivity index (χ2v) is 6.54. The van der Waals surface area contributed by atoms with Crippen molar-refractivity contribution < 1.29 is 18.3 Å². The molecule has 0 aliphatic rings. The van der Waals surface area contributed by atoms with E-state index in [9.17, 15) is 8.42 Å². The van der Waals surface area contributed by atoms with Gasteiger partial charge in [-0.15, -0.1) is 0 Å². The number of sulfonamides is 1. The van der Waals surface area contributed by atoms with E-state index in [4.69, 9.17) is 9.84 Å². The number of hydrogen-bond donors (Lipinski definition) is 2. The van der Waals surface area contributed by atoms with E-state index in [1.54, 1.807) is 25.5 Å². The molecule has 0 bridgehead atoms. The molecule has 0 saturated carbocycles. The number of nitrogens with zero attached hydrogens (tertiary/aromatic N) is 1. The molecule has 7 heteroatoms. The minimum Gasteiger partial charge on any atom is -0.390 e. The Morgan fingerprint density at radius 1 is 1.50 bits per heavy atom. The summed E-state index contributed by atoms with van der Waals surface area (Å²) in [4.78, 5) is 0.137. The Kier molecular flexibility index (Phi) is 4.55. The maximum absolute atomic E-state index is 12.1. The van der Waals surface area contributed by atoms with E-state index in [-0.39, 0.29) is 18.1 Å². The van der Waals surface area contributed by atoms with Gasteiger partial charge in [0.2, 0.25) is 10.0 Å². The maximum atomic E-state index is 12.1. The van der Waals surface area contributed by atoms with Crippen molar-refractivity contribution in [3.63, 3.8) is 0 Å². The van der Waals surface area contributed by atoms with E-state index in [2.05, 4.69) is 4.72 Å². The van der Waals surface area contributed by atoms with Gasteiger partial charge >= 0.3 is 0 Å². The standard InChI is InChI=1S/C11H20N2O4S/c1-11(2,8-17-4)12-18(15,16)10-5-9(7-14)13(3)6-10/h5-6,12,14H,7-8H2,1-4H3. The van der Waals surface area contributed by atoms with Crippen LogP contribution in [0.25, 0.3) is 0 Å². The van der Waals surface area contributed by atoms with Gasteiger partial charge in [-0.25, -0.2) is 13.1 Å². The average molecular weight is 276 g/mol. The van der Waals surface area contributed by atoms with Gasteiger partial charge in [-0.2, -0.15) is 0 Å². The first-order chi connectivity index (χ1) is 8.22. The van der Waals surface area contributed by atoms with Gasteiger partial charge in [0.1, 0.15) is 0 Å². The van der Waals surface area contributed by atoms with E-state index in [1.165, 1.54) is 19.4 Å². The molecule has 0 saturated heterocycles.